The van der Waals surface area contributed by atoms with Crippen LogP contribution in [0.4, 0.5) is 0 Å². The molecule has 0 amide bonds. The van der Waals surface area contributed by atoms with Gasteiger partial charge in [0.2, 0.25) is 6.29 Å². The zero-order chi connectivity index (χ0) is 27.6. The van der Waals surface area contributed by atoms with Crippen LogP contribution in [-0.4, -0.2) is 100 Å². The minimum absolute atomic E-state index is 0.0548. The van der Waals surface area contributed by atoms with Gasteiger partial charge in [0.05, 0.1) is 39.6 Å². The van der Waals surface area contributed by atoms with Gasteiger partial charge in [-0.2, -0.15) is 0 Å². The van der Waals surface area contributed by atoms with Crippen LogP contribution in [0.1, 0.15) is 23.3 Å². The van der Waals surface area contributed by atoms with Crippen LogP contribution in [0.3, 0.4) is 0 Å². The summed E-state index contributed by atoms with van der Waals surface area (Å²) < 4.78 is 27.7. The van der Waals surface area contributed by atoms with E-state index in [9.17, 15) is 35.7 Å². The van der Waals surface area contributed by atoms with Gasteiger partial charge in [-0.05, 0) is 35.4 Å². The third-order valence-electron chi connectivity index (χ3n) is 7.18. The fourth-order valence-electron chi connectivity index (χ4n) is 4.96. The van der Waals surface area contributed by atoms with Crippen LogP contribution in [0.5, 0.6) is 23.0 Å². The Morgan fingerprint density at radius 3 is 2.29 bits per heavy atom. The van der Waals surface area contributed by atoms with Gasteiger partial charge in [-0.3, -0.25) is 0 Å². The monoisotopic (exact) mass is 538 g/mol. The molecule has 2 fully saturated rings. The molecule has 12 heteroatoms. The summed E-state index contributed by atoms with van der Waals surface area (Å²) >= 11 is 0. The van der Waals surface area contributed by atoms with Gasteiger partial charge in [0.15, 0.2) is 23.0 Å². The third kappa shape index (κ3) is 5.40. The second-order valence-electron chi connectivity index (χ2n) is 9.37. The van der Waals surface area contributed by atoms with Gasteiger partial charge in [-0.15, -0.1) is 0 Å². The lowest BCUT2D eigenvalue weighted by Crippen LogP contribution is -2.60. The summed E-state index contributed by atoms with van der Waals surface area (Å²) in [6, 6.07) is 9.40. The van der Waals surface area contributed by atoms with Gasteiger partial charge >= 0.3 is 0 Å². The summed E-state index contributed by atoms with van der Waals surface area (Å²) in [7, 11) is 2.82. The second kappa shape index (κ2) is 12.0. The number of phenols is 1. The molecular formula is C26H34O12. The van der Waals surface area contributed by atoms with Crippen LogP contribution in [-0.2, 0) is 9.47 Å². The van der Waals surface area contributed by atoms with Gasteiger partial charge in [0.25, 0.3) is 0 Å². The number of ether oxygens (including phenoxy) is 5. The summed E-state index contributed by atoms with van der Waals surface area (Å²) in [6.07, 6.45) is -8.80. The smallest absolute Gasteiger partial charge is 0.229 e. The molecule has 0 bridgehead atoms. The number of aliphatic hydroxyl groups is 6. The van der Waals surface area contributed by atoms with E-state index in [1.54, 1.807) is 24.3 Å². The van der Waals surface area contributed by atoms with E-state index >= 15 is 0 Å². The summed E-state index contributed by atoms with van der Waals surface area (Å²) in [4.78, 5) is 0. The Balaban J connectivity index is 1.52. The molecule has 0 aliphatic carbocycles. The number of aromatic hydroxyl groups is 1. The first-order valence-electron chi connectivity index (χ1n) is 12.2. The maximum Gasteiger partial charge on any atom is 0.229 e. The minimum Gasteiger partial charge on any atom is -0.504 e. The fourth-order valence-corrected chi connectivity index (χ4v) is 4.96. The quantitative estimate of drug-likeness (QED) is 0.220. The SMILES string of the molecule is COc1cc([C@H](O)[C@H]2CO[C@@H](c3ccc(O[C@H]4O[C@@H](CO)[C@H](O)[C@@H](O)[C@@H]4O)c(OC)c3)[C@@H]2CO)ccc1O. The predicted octanol–water partition coefficient (Wildman–Crippen LogP) is -0.382. The minimum atomic E-state index is -1.59. The van der Waals surface area contributed by atoms with E-state index in [2.05, 4.69) is 0 Å². The van der Waals surface area contributed by atoms with Crippen molar-refractivity contribution in [3.05, 3.63) is 47.5 Å². The van der Waals surface area contributed by atoms with Crippen molar-refractivity contribution in [2.75, 3.05) is 34.0 Å². The molecule has 2 saturated heterocycles. The Bertz CT molecular complexity index is 1080. The molecular weight excluding hydrogens is 504 g/mol. The van der Waals surface area contributed by atoms with Crippen LogP contribution < -0.4 is 14.2 Å². The Hall–Kier alpha value is -2.68. The highest BCUT2D eigenvalue weighted by Crippen LogP contribution is 2.46. The molecule has 0 spiro atoms. The normalized spacial score (nSPS) is 32.1. The lowest BCUT2D eigenvalue weighted by Gasteiger charge is -2.39. The molecule has 12 nitrogen and oxygen atoms in total. The van der Waals surface area contributed by atoms with Crippen molar-refractivity contribution >= 4 is 0 Å². The van der Waals surface area contributed by atoms with E-state index in [4.69, 9.17) is 23.7 Å². The van der Waals surface area contributed by atoms with Crippen molar-refractivity contribution in [1.82, 2.24) is 0 Å². The van der Waals surface area contributed by atoms with Crippen molar-refractivity contribution in [3.63, 3.8) is 0 Å². The lowest BCUT2D eigenvalue weighted by atomic mass is 9.82. The fraction of sp³-hybridized carbons (Fsp3) is 0.538. The highest BCUT2D eigenvalue weighted by atomic mass is 16.7. The van der Waals surface area contributed by atoms with Crippen molar-refractivity contribution in [1.29, 1.82) is 0 Å². The zero-order valence-corrected chi connectivity index (χ0v) is 21.0. The van der Waals surface area contributed by atoms with Crippen molar-refractivity contribution in [2.45, 2.75) is 42.9 Å². The van der Waals surface area contributed by atoms with Gasteiger partial charge in [0.1, 0.15) is 24.4 Å². The van der Waals surface area contributed by atoms with Crippen LogP contribution in [0.2, 0.25) is 0 Å². The molecule has 0 saturated carbocycles. The van der Waals surface area contributed by atoms with Gasteiger partial charge in [-0.1, -0.05) is 12.1 Å². The van der Waals surface area contributed by atoms with Crippen LogP contribution in [0, 0.1) is 11.8 Å². The predicted molar refractivity (Wildman–Crippen MR) is 130 cm³/mol. The first-order chi connectivity index (χ1) is 18.2. The maximum absolute atomic E-state index is 11.1. The Morgan fingerprint density at radius 2 is 1.63 bits per heavy atom. The molecule has 2 aliphatic rings. The highest BCUT2D eigenvalue weighted by Gasteiger charge is 2.45. The first-order valence-corrected chi connectivity index (χ1v) is 12.2. The molecule has 2 heterocycles. The molecule has 210 valence electrons. The molecule has 2 aliphatic heterocycles. The highest BCUT2D eigenvalue weighted by molar-refractivity contribution is 5.45. The summed E-state index contributed by atoms with van der Waals surface area (Å²) in [5, 5.41) is 70.8. The van der Waals surface area contributed by atoms with Gasteiger partial charge in [0, 0.05) is 18.4 Å². The summed E-state index contributed by atoms with van der Waals surface area (Å²) in [6.45, 7) is -0.703. The number of hydrogen-bond donors (Lipinski definition) is 7. The molecule has 38 heavy (non-hydrogen) atoms. The molecule has 0 radical (unpaired) electrons. The zero-order valence-electron chi connectivity index (χ0n) is 21.0. The Morgan fingerprint density at radius 1 is 0.895 bits per heavy atom. The number of methoxy groups -OCH3 is 2. The number of phenolic OH excluding ortho intramolecular Hbond substituents is 1. The number of hydrogen-bond acceptors (Lipinski definition) is 12. The largest absolute Gasteiger partial charge is 0.504 e. The van der Waals surface area contributed by atoms with E-state index < -0.39 is 61.4 Å². The molecule has 0 aromatic heterocycles. The van der Waals surface area contributed by atoms with E-state index in [0.29, 0.717) is 11.1 Å². The Kier molecular flexibility index (Phi) is 8.96. The molecule has 2 aromatic rings. The number of benzene rings is 2. The van der Waals surface area contributed by atoms with Crippen LogP contribution in [0.15, 0.2) is 36.4 Å². The molecule has 7 N–H and O–H groups in total. The van der Waals surface area contributed by atoms with E-state index in [1.807, 2.05) is 0 Å². The topological polar surface area (TPSA) is 188 Å². The van der Waals surface area contributed by atoms with E-state index in [0.717, 1.165) is 0 Å². The Labute approximate surface area is 219 Å². The first kappa shape index (κ1) is 28.3. The van der Waals surface area contributed by atoms with Crippen molar-refractivity contribution in [2.24, 2.45) is 11.8 Å². The summed E-state index contributed by atoms with van der Waals surface area (Å²) in [5.74, 6) is -0.376. The van der Waals surface area contributed by atoms with Gasteiger partial charge in [-0.25, -0.2) is 0 Å². The summed E-state index contributed by atoms with van der Waals surface area (Å²) in [5.41, 5.74) is 1.15. The van der Waals surface area contributed by atoms with E-state index in [-0.39, 0.29) is 36.2 Å². The maximum atomic E-state index is 11.1. The second-order valence-corrected chi connectivity index (χ2v) is 9.37. The van der Waals surface area contributed by atoms with Gasteiger partial charge < -0.3 is 59.4 Å². The average Bonchev–Trinajstić information content (AvgIpc) is 3.37. The van der Waals surface area contributed by atoms with Crippen molar-refractivity contribution in [3.8, 4) is 23.0 Å². The molecule has 0 unspecified atom stereocenters. The standard InChI is InChI=1S/C26H34O12/c1-34-18-7-12(3-5-16(18)29)21(30)15-11-36-25(14(15)9-27)13-4-6-17(19(8-13)35-2)37-26-24(33)23(32)22(31)20(10-28)38-26/h3-8,14-15,20-33H,9-11H2,1-2H3/t14-,15+,20+,21+,22+,23-,24+,25+,26+/m1/s1. The third-order valence-corrected chi connectivity index (χ3v) is 7.18. The lowest BCUT2D eigenvalue weighted by molar-refractivity contribution is -0.277. The van der Waals surface area contributed by atoms with Crippen LogP contribution in [0.25, 0.3) is 0 Å². The number of aliphatic hydroxyl groups excluding tert-OH is 6. The molecule has 9 atom stereocenters. The average molecular weight is 539 g/mol. The van der Waals surface area contributed by atoms with Crippen LogP contribution >= 0.6 is 0 Å². The van der Waals surface area contributed by atoms with Crippen molar-refractivity contribution < 1.29 is 59.4 Å². The van der Waals surface area contributed by atoms with E-state index in [1.165, 1.54) is 26.4 Å². The molecule has 2 aromatic carbocycles. The number of rotatable bonds is 9. The molecule has 4 rings (SSSR count).